The number of amides is 1. The van der Waals surface area contributed by atoms with Crippen molar-refractivity contribution in [3.05, 3.63) is 53.1 Å². The second kappa shape index (κ2) is 6.37. The van der Waals surface area contributed by atoms with Gasteiger partial charge in [-0.1, -0.05) is 17.7 Å². The molecule has 4 rings (SSSR count). The van der Waals surface area contributed by atoms with Crippen molar-refractivity contribution < 1.29 is 13.9 Å². The van der Waals surface area contributed by atoms with Gasteiger partial charge in [0.05, 0.1) is 11.1 Å². The summed E-state index contributed by atoms with van der Waals surface area (Å²) in [5.41, 5.74) is 7.78. The lowest BCUT2D eigenvalue weighted by molar-refractivity contribution is 0.00736. The number of aromatic nitrogens is 2. The van der Waals surface area contributed by atoms with Gasteiger partial charge in [-0.2, -0.15) is 0 Å². The van der Waals surface area contributed by atoms with Gasteiger partial charge in [-0.3, -0.25) is 4.79 Å². The van der Waals surface area contributed by atoms with Crippen LogP contribution in [0.1, 0.15) is 29.4 Å². The Kier molecular flexibility index (Phi) is 4.17. The molecule has 2 N–H and O–H groups in total. The first kappa shape index (κ1) is 17.0. The molecule has 0 atom stereocenters. The van der Waals surface area contributed by atoms with Gasteiger partial charge < -0.3 is 15.0 Å². The van der Waals surface area contributed by atoms with E-state index in [1.165, 1.54) is 12.1 Å². The molecule has 0 unspecified atom stereocenters. The van der Waals surface area contributed by atoms with E-state index in [0.29, 0.717) is 11.2 Å². The number of halogens is 2. The van der Waals surface area contributed by atoms with Crippen LogP contribution in [0.2, 0.25) is 5.02 Å². The average molecular weight is 374 g/mol. The summed E-state index contributed by atoms with van der Waals surface area (Å²) in [4.78, 5) is 16.0. The Morgan fingerprint density at radius 2 is 2.12 bits per heavy atom. The number of benzene rings is 1. The molecule has 2 heterocycles. The van der Waals surface area contributed by atoms with Gasteiger partial charge in [0.25, 0.3) is 5.91 Å². The van der Waals surface area contributed by atoms with E-state index in [1.807, 2.05) is 10.8 Å². The van der Waals surface area contributed by atoms with Gasteiger partial charge in [0.2, 0.25) is 0 Å². The summed E-state index contributed by atoms with van der Waals surface area (Å²) in [6, 6.07) is 8.30. The minimum absolute atomic E-state index is 0.0774. The lowest BCUT2D eigenvalue weighted by Gasteiger charge is -2.35. The quantitative estimate of drug-likeness (QED) is 0.752. The molecule has 7 heteroatoms. The second-order valence-electron chi connectivity index (χ2n) is 6.49. The minimum atomic E-state index is -0.581. The zero-order chi connectivity index (χ0) is 18.4. The SMILES string of the molecule is COC1CC(n2cc(-c3ccc(Cl)c(F)c3)c3ccc(C(N)=O)nc32)C1. The van der Waals surface area contributed by atoms with Crippen LogP contribution in [-0.2, 0) is 4.74 Å². The second-order valence-corrected chi connectivity index (χ2v) is 6.90. The minimum Gasteiger partial charge on any atom is -0.381 e. The predicted octanol–water partition coefficient (Wildman–Crippen LogP) is 3.94. The van der Waals surface area contributed by atoms with E-state index in [0.717, 1.165) is 23.8 Å². The lowest BCUT2D eigenvalue weighted by Crippen LogP contribution is -2.32. The molecule has 3 aromatic rings. The number of rotatable bonds is 4. The monoisotopic (exact) mass is 373 g/mol. The van der Waals surface area contributed by atoms with Crippen molar-refractivity contribution in [2.75, 3.05) is 7.11 Å². The highest BCUT2D eigenvalue weighted by Crippen LogP contribution is 2.40. The molecule has 1 aliphatic rings. The van der Waals surface area contributed by atoms with E-state index in [9.17, 15) is 9.18 Å². The molecular formula is C19H17ClFN3O2. The number of ether oxygens (including phenoxy) is 1. The summed E-state index contributed by atoms with van der Waals surface area (Å²) in [5, 5.41) is 0.908. The number of fused-ring (bicyclic) bond motifs is 1. The summed E-state index contributed by atoms with van der Waals surface area (Å²) < 4.78 is 21.3. The van der Waals surface area contributed by atoms with Crippen LogP contribution >= 0.6 is 11.6 Å². The third-order valence-electron chi connectivity index (χ3n) is 4.96. The van der Waals surface area contributed by atoms with Gasteiger partial charge in [-0.25, -0.2) is 9.37 Å². The molecule has 1 aromatic carbocycles. The lowest BCUT2D eigenvalue weighted by atomic mass is 9.89. The maximum absolute atomic E-state index is 13.9. The van der Waals surface area contributed by atoms with E-state index < -0.39 is 11.7 Å². The molecule has 1 aliphatic carbocycles. The highest BCUT2D eigenvalue weighted by Gasteiger charge is 2.32. The maximum Gasteiger partial charge on any atom is 0.267 e. The summed E-state index contributed by atoms with van der Waals surface area (Å²) in [6.45, 7) is 0. The molecule has 0 radical (unpaired) electrons. The normalized spacial score (nSPS) is 19.5. The number of carbonyl (C=O) groups is 1. The van der Waals surface area contributed by atoms with Crippen molar-refractivity contribution in [1.82, 2.24) is 9.55 Å². The number of hydrogen-bond acceptors (Lipinski definition) is 3. The Morgan fingerprint density at radius 3 is 2.77 bits per heavy atom. The average Bonchev–Trinajstić information content (AvgIpc) is 2.95. The smallest absolute Gasteiger partial charge is 0.267 e. The van der Waals surface area contributed by atoms with Crippen LogP contribution < -0.4 is 5.73 Å². The molecule has 1 fully saturated rings. The van der Waals surface area contributed by atoms with E-state index in [2.05, 4.69) is 4.98 Å². The Labute approximate surface area is 154 Å². The van der Waals surface area contributed by atoms with Gasteiger partial charge in [-0.15, -0.1) is 0 Å². The van der Waals surface area contributed by atoms with E-state index >= 15 is 0 Å². The highest BCUT2D eigenvalue weighted by molar-refractivity contribution is 6.30. The highest BCUT2D eigenvalue weighted by atomic mass is 35.5. The number of methoxy groups -OCH3 is 1. The predicted molar refractivity (Wildman–Crippen MR) is 97.7 cm³/mol. The molecule has 2 aromatic heterocycles. The fourth-order valence-electron chi connectivity index (χ4n) is 3.39. The first-order valence-corrected chi connectivity index (χ1v) is 8.65. The van der Waals surface area contributed by atoms with Crippen LogP contribution in [0.25, 0.3) is 22.2 Å². The summed E-state index contributed by atoms with van der Waals surface area (Å²) in [7, 11) is 1.69. The van der Waals surface area contributed by atoms with Crippen LogP contribution in [0, 0.1) is 5.82 Å². The van der Waals surface area contributed by atoms with Crippen LogP contribution in [0.15, 0.2) is 36.5 Å². The van der Waals surface area contributed by atoms with Gasteiger partial charge in [0, 0.05) is 30.3 Å². The number of hydrogen-bond donors (Lipinski definition) is 1. The first-order chi connectivity index (χ1) is 12.5. The fraction of sp³-hybridized carbons (Fsp3) is 0.263. The molecule has 0 saturated heterocycles. The van der Waals surface area contributed by atoms with Gasteiger partial charge in [0.1, 0.15) is 17.2 Å². The Bertz CT molecular complexity index is 1010. The zero-order valence-electron chi connectivity index (χ0n) is 14.1. The topological polar surface area (TPSA) is 70.1 Å². The molecule has 0 spiro atoms. The van der Waals surface area contributed by atoms with Crippen molar-refractivity contribution >= 4 is 28.5 Å². The fourth-order valence-corrected chi connectivity index (χ4v) is 3.51. The van der Waals surface area contributed by atoms with Crippen molar-refractivity contribution in [3.63, 3.8) is 0 Å². The van der Waals surface area contributed by atoms with Crippen molar-refractivity contribution in [1.29, 1.82) is 0 Å². The van der Waals surface area contributed by atoms with E-state index in [4.69, 9.17) is 22.1 Å². The molecule has 5 nitrogen and oxygen atoms in total. The Morgan fingerprint density at radius 1 is 1.35 bits per heavy atom. The maximum atomic E-state index is 13.9. The number of carbonyl (C=O) groups excluding carboxylic acids is 1. The standard InChI is InChI=1S/C19H17ClFN3O2/c1-26-12-7-11(8-12)24-9-14(10-2-4-15(20)16(21)6-10)13-3-5-17(18(22)25)23-19(13)24/h2-6,9,11-12H,7-8H2,1H3,(H2,22,25). The molecule has 0 bridgehead atoms. The summed E-state index contributed by atoms with van der Waals surface area (Å²) >= 11 is 5.80. The van der Waals surface area contributed by atoms with Crippen molar-refractivity contribution in [2.45, 2.75) is 25.0 Å². The van der Waals surface area contributed by atoms with Gasteiger partial charge in [0.15, 0.2) is 0 Å². The van der Waals surface area contributed by atoms with Gasteiger partial charge in [-0.05, 0) is 42.7 Å². The molecule has 26 heavy (non-hydrogen) atoms. The van der Waals surface area contributed by atoms with Gasteiger partial charge >= 0.3 is 0 Å². The number of nitrogens with zero attached hydrogens (tertiary/aromatic N) is 2. The molecular weight excluding hydrogens is 357 g/mol. The number of primary amides is 1. The first-order valence-electron chi connectivity index (χ1n) is 8.27. The molecule has 1 saturated carbocycles. The third-order valence-corrected chi connectivity index (χ3v) is 5.26. The zero-order valence-corrected chi connectivity index (χ0v) is 14.8. The summed E-state index contributed by atoms with van der Waals surface area (Å²) in [6.07, 6.45) is 3.88. The van der Waals surface area contributed by atoms with Crippen LogP contribution in [0.4, 0.5) is 4.39 Å². The van der Waals surface area contributed by atoms with Crippen LogP contribution in [0.3, 0.4) is 0 Å². The summed E-state index contributed by atoms with van der Waals surface area (Å²) in [5.74, 6) is -1.06. The molecule has 0 aliphatic heterocycles. The van der Waals surface area contributed by atoms with E-state index in [1.54, 1.807) is 25.3 Å². The molecule has 1 amide bonds. The van der Waals surface area contributed by atoms with Crippen molar-refractivity contribution in [2.24, 2.45) is 5.73 Å². The Balaban J connectivity index is 1.88. The third kappa shape index (κ3) is 2.75. The number of nitrogens with two attached hydrogens (primary N) is 1. The largest absolute Gasteiger partial charge is 0.381 e. The van der Waals surface area contributed by atoms with E-state index in [-0.39, 0.29) is 22.9 Å². The number of pyridine rings is 1. The molecule has 134 valence electrons. The van der Waals surface area contributed by atoms with Crippen LogP contribution in [-0.4, -0.2) is 28.7 Å². The van der Waals surface area contributed by atoms with Crippen molar-refractivity contribution in [3.8, 4) is 11.1 Å². The Hall–Kier alpha value is -2.44. The van der Waals surface area contributed by atoms with Crippen LogP contribution in [0.5, 0.6) is 0 Å².